The van der Waals surface area contributed by atoms with Crippen LogP contribution in [-0.4, -0.2) is 51.3 Å². The van der Waals surface area contributed by atoms with Gasteiger partial charge in [0, 0.05) is 19.7 Å². The molecular formula is C13H28N2O. The van der Waals surface area contributed by atoms with Crippen molar-refractivity contribution in [1.82, 2.24) is 10.2 Å². The van der Waals surface area contributed by atoms with E-state index in [0.29, 0.717) is 6.04 Å². The molecule has 0 aromatic carbocycles. The Morgan fingerprint density at radius 3 is 2.94 bits per heavy atom. The molecule has 3 nitrogen and oxygen atoms in total. The first kappa shape index (κ1) is 13.9. The molecule has 16 heavy (non-hydrogen) atoms. The SMILES string of the molecule is CCC(CCCN1CCC(COC)C1)NC. The van der Waals surface area contributed by atoms with E-state index in [1.807, 2.05) is 0 Å². The van der Waals surface area contributed by atoms with Crippen LogP contribution in [0.3, 0.4) is 0 Å². The Hall–Kier alpha value is -0.120. The first-order valence-electron chi connectivity index (χ1n) is 6.68. The first-order valence-corrected chi connectivity index (χ1v) is 6.68. The van der Waals surface area contributed by atoms with Crippen LogP contribution in [-0.2, 0) is 4.74 Å². The van der Waals surface area contributed by atoms with Crippen molar-refractivity contribution in [2.75, 3.05) is 40.4 Å². The number of ether oxygens (including phenoxy) is 1. The predicted octanol–water partition coefficient (Wildman–Crippen LogP) is 1.73. The number of rotatable bonds is 8. The molecule has 0 aliphatic carbocycles. The minimum atomic E-state index is 0.706. The average molecular weight is 228 g/mol. The van der Waals surface area contributed by atoms with E-state index in [1.165, 1.54) is 45.3 Å². The zero-order chi connectivity index (χ0) is 11.8. The standard InChI is InChI=1S/C13H28N2O/c1-4-13(14-2)6-5-8-15-9-7-12(10-15)11-16-3/h12-14H,4-11H2,1-3H3. The highest BCUT2D eigenvalue weighted by Crippen LogP contribution is 2.17. The molecule has 0 radical (unpaired) electrons. The summed E-state index contributed by atoms with van der Waals surface area (Å²) >= 11 is 0. The summed E-state index contributed by atoms with van der Waals surface area (Å²) in [6.45, 7) is 6.96. The molecule has 0 amide bonds. The van der Waals surface area contributed by atoms with Gasteiger partial charge in [-0.25, -0.2) is 0 Å². The van der Waals surface area contributed by atoms with Crippen LogP contribution in [0.2, 0.25) is 0 Å². The van der Waals surface area contributed by atoms with Crippen molar-refractivity contribution < 1.29 is 4.74 Å². The second-order valence-corrected chi connectivity index (χ2v) is 4.95. The van der Waals surface area contributed by atoms with Crippen molar-refractivity contribution in [3.8, 4) is 0 Å². The van der Waals surface area contributed by atoms with E-state index < -0.39 is 0 Å². The summed E-state index contributed by atoms with van der Waals surface area (Å²) in [7, 11) is 3.88. The van der Waals surface area contributed by atoms with Crippen LogP contribution >= 0.6 is 0 Å². The van der Waals surface area contributed by atoms with E-state index in [4.69, 9.17) is 4.74 Å². The third-order valence-corrected chi connectivity index (χ3v) is 3.70. The van der Waals surface area contributed by atoms with Gasteiger partial charge in [0.05, 0.1) is 6.61 Å². The molecule has 0 bridgehead atoms. The average Bonchev–Trinajstić information content (AvgIpc) is 2.73. The Labute approximate surface area is 101 Å². The van der Waals surface area contributed by atoms with Gasteiger partial charge in [0.2, 0.25) is 0 Å². The first-order chi connectivity index (χ1) is 7.80. The van der Waals surface area contributed by atoms with Gasteiger partial charge in [-0.1, -0.05) is 6.92 Å². The molecular weight excluding hydrogens is 200 g/mol. The molecule has 0 aromatic heterocycles. The zero-order valence-corrected chi connectivity index (χ0v) is 11.2. The molecule has 1 fully saturated rings. The van der Waals surface area contributed by atoms with E-state index in [-0.39, 0.29) is 0 Å². The van der Waals surface area contributed by atoms with Gasteiger partial charge in [-0.3, -0.25) is 0 Å². The fraction of sp³-hybridized carbons (Fsp3) is 1.00. The number of hydrogen-bond acceptors (Lipinski definition) is 3. The van der Waals surface area contributed by atoms with Gasteiger partial charge in [0.25, 0.3) is 0 Å². The second kappa shape index (κ2) is 8.04. The summed E-state index contributed by atoms with van der Waals surface area (Å²) in [5.74, 6) is 0.774. The van der Waals surface area contributed by atoms with Gasteiger partial charge >= 0.3 is 0 Å². The fourth-order valence-electron chi connectivity index (χ4n) is 2.60. The Morgan fingerprint density at radius 1 is 1.50 bits per heavy atom. The van der Waals surface area contributed by atoms with E-state index in [2.05, 4.69) is 24.2 Å². The summed E-state index contributed by atoms with van der Waals surface area (Å²) in [4.78, 5) is 2.59. The molecule has 0 spiro atoms. The quantitative estimate of drug-likeness (QED) is 0.685. The van der Waals surface area contributed by atoms with Crippen LogP contribution < -0.4 is 5.32 Å². The summed E-state index contributed by atoms with van der Waals surface area (Å²) in [5.41, 5.74) is 0. The summed E-state index contributed by atoms with van der Waals surface area (Å²) in [6, 6.07) is 0.706. The molecule has 1 aliphatic heterocycles. The lowest BCUT2D eigenvalue weighted by molar-refractivity contribution is 0.153. The van der Waals surface area contributed by atoms with Crippen molar-refractivity contribution >= 4 is 0 Å². The Bertz CT molecular complexity index is 171. The molecule has 2 unspecified atom stereocenters. The molecule has 2 atom stereocenters. The number of nitrogens with zero attached hydrogens (tertiary/aromatic N) is 1. The fourth-order valence-corrected chi connectivity index (χ4v) is 2.60. The van der Waals surface area contributed by atoms with Gasteiger partial charge < -0.3 is 15.0 Å². The van der Waals surface area contributed by atoms with Crippen LogP contribution in [0.15, 0.2) is 0 Å². The van der Waals surface area contributed by atoms with Crippen LogP contribution in [0.4, 0.5) is 0 Å². The van der Waals surface area contributed by atoms with E-state index in [9.17, 15) is 0 Å². The number of likely N-dealkylation sites (tertiary alicyclic amines) is 1. The number of methoxy groups -OCH3 is 1. The highest BCUT2D eigenvalue weighted by Gasteiger charge is 2.21. The zero-order valence-electron chi connectivity index (χ0n) is 11.2. The van der Waals surface area contributed by atoms with Crippen molar-refractivity contribution in [3.63, 3.8) is 0 Å². The minimum Gasteiger partial charge on any atom is -0.384 e. The van der Waals surface area contributed by atoms with Crippen LogP contribution in [0.25, 0.3) is 0 Å². The smallest absolute Gasteiger partial charge is 0.0503 e. The molecule has 0 aromatic rings. The summed E-state index contributed by atoms with van der Waals surface area (Å²) in [5, 5.41) is 3.37. The maximum atomic E-state index is 5.21. The number of nitrogens with one attached hydrogen (secondary N) is 1. The van der Waals surface area contributed by atoms with Gasteiger partial charge in [-0.2, -0.15) is 0 Å². The molecule has 0 saturated carbocycles. The van der Waals surface area contributed by atoms with Crippen LogP contribution in [0.1, 0.15) is 32.6 Å². The Morgan fingerprint density at radius 2 is 2.31 bits per heavy atom. The maximum absolute atomic E-state index is 5.21. The van der Waals surface area contributed by atoms with E-state index in [1.54, 1.807) is 7.11 Å². The van der Waals surface area contributed by atoms with E-state index >= 15 is 0 Å². The third kappa shape index (κ3) is 4.81. The lowest BCUT2D eigenvalue weighted by atomic mass is 10.1. The Kier molecular flexibility index (Phi) is 7.01. The van der Waals surface area contributed by atoms with Crippen LogP contribution in [0.5, 0.6) is 0 Å². The van der Waals surface area contributed by atoms with Gasteiger partial charge in [0.1, 0.15) is 0 Å². The molecule has 1 rings (SSSR count). The van der Waals surface area contributed by atoms with Gasteiger partial charge in [-0.15, -0.1) is 0 Å². The van der Waals surface area contributed by atoms with Crippen LogP contribution in [0, 0.1) is 5.92 Å². The molecule has 96 valence electrons. The van der Waals surface area contributed by atoms with Crippen molar-refractivity contribution in [2.45, 2.75) is 38.6 Å². The number of hydrogen-bond donors (Lipinski definition) is 1. The minimum absolute atomic E-state index is 0.706. The van der Waals surface area contributed by atoms with Crippen molar-refractivity contribution in [2.24, 2.45) is 5.92 Å². The Balaban J connectivity index is 2.06. The largest absolute Gasteiger partial charge is 0.384 e. The van der Waals surface area contributed by atoms with Crippen molar-refractivity contribution in [3.05, 3.63) is 0 Å². The molecule has 1 heterocycles. The van der Waals surface area contributed by atoms with Gasteiger partial charge in [0.15, 0.2) is 0 Å². The summed E-state index contributed by atoms with van der Waals surface area (Å²) < 4.78 is 5.21. The second-order valence-electron chi connectivity index (χ2n) is 4.95. The van der Waals surface area contributed by atoms with Gasteiger partial charge in [-0.05, 0) is 51.7 Å². The molecule has 1 N–H and O–H groups in total. The third-order valence-electron chi connectivity index (χ3n) is 3.70. The summed E-state index contributed by atoms with van der Waals surface area (Å²) in [6.07, 6.45) is 5.18. The predicted molar refractivity (Wildman–Crippen MR) is 68.8 cm³/mol. The topological polar surface area (TPSA) is 24.5 Å². The molecule has 1 aliphatic rings. The molecule has 1 saturated heterocycles. The normalized spacial score (nSPS) is 23.8. The monoisotopic (exact) mass is 228 g/mol. The lowest BCUT2D eigenvalue weighted by Crippen LogP contribution is -2.27. The van der Waals surface area contributed by atoms with Crippen molar-refractivity contribution in [1.29, 1.82) is 0 Å². The molecule has 3 heteroatoms. The maximum Gasteiger partial charge on any atom is 0.0503 e. The highest BCUT2D eigenvalue weighted by atomic mass is 16.5. The highest BCUT2D eigenvalue weighted by molar-refractivity contribution is 4.75. The lowest BCUT2D eigenvalue weighted by Gasteiger charge is -2.18. The van der Waals surface area contributed by atoms with E-state index in [0.717, 1.165) is 12.5 Å².